The van der Waals surface area contributed by atoms with Gasteiger partial charge in [0.2, 0.25) is 5.91 Å². The first-order valence-electron chi connectivity index (χ1n) is 12.5. The minimum atomic E-state index is -2.69. The van der Waals surface area contributed by atoms with E-state index >= 15 is 0 Å². The number of carbonyl (C=O) groups is 2. The second kappa shape index (κ2) is 8.08. The van der Waals surface area contributed by atoms with Crippen molar-refractivity contribution in [2.24, 2.45) is 13.0 Å². The number of fused-ring (bicyclic) bond motifs is 3. The predicted molar refractivity (Wildman–Crippen MR) is 128 cm³/mol. The summed E-state index contributed by atoms with van der Waals surface area (Å²) in [5, 5.41) is 17.1. The minimum absolute atomic E-state index is 0.00990. The fourth-order valence-corrected chi connectivity index (χ4v) is 4.14. The number of aryl methyl sites for hydroxylation is 2. The van der Waals surface area contributed by atoms with E-state index in [1.165, 1.54) is 17.1 Å². The lowest BCUT2D eigenvalue weighted by Gasteiger charge is -2.33. The minimum Gasteiger partial charge on any atom is -0.363 e. The van der Waals surface area contributed by atoms with E-state index < -0.39 is 12.9 Å². The molecule has 1 aliphatic heterocycles. The van der Waals surface area contributed by atoms with Gasteiger partial charge in [-0.05, 0) is 32.8 Å². The third-order valence-corrected chi connectivity index (χ3v) is 6.16. The van der Waals surface area contributed by atoms with Gasteiger partial charge in [-0.25, -0.2) is 9.97 Å². The van der Waals surface area contributed by atoms with Crippen molar-refractivity contribution in [3.05, 3.63) is 35.3 Å². The average Bonchev–Trinajstić information content (AvgIpc) is 3.57. The van der Waals surface area contributed by atoms with Crippen LogP contribution < -0.4 is 20.9 Å². The summed E-state index contributed by atoms with van der Waals surface area (Å²) in [6.45, 7) is 1.16. The number of amides is 2. The summed E-state index contributed by atoms with van der Waals surface area (Å²) >= 11 is 0. The van der Waals surface area contributed by atoms with E-state index in [-0.39, 0.29) is 34.9 Å². The van der Waals surface area contributed by atoms with Crippen molar-refractivity contribution in [1.29, 1.82) is 0 Å². The van der Waals surface area contributed by atoms with Gasteiger partial charge in [-0.3, -0.25) is 9.59 Å². The number of nitrogens with zero attached hydrogens (tertiary/aromatic N) is 6. The monoisotopic (exact) mass is 464 g/mol. The van der Waals surface area contributed by atoms with Crippen molar-refractivity contribution < 1.29 is 13.7 Å². The molecule has 0 bridgehead atoms. The van der Waals surface area contributed by atoms with Gasteiger partial charge in [-0.2, -0.15) is 15.0 Å². The molecular formula is C23H27N9O2. The zero-order valence-corrected chi connectivity index (χ0v) is 19.3. The quantitative estimate of drug-likeness (QED) is 0.525. The van der Waals surface area contributed by atoms with Crippen molar-refractivity contribution in [2.45, 2.75) is 32.7 Å². The van der Waals surface area contributed by atoms with E-state index in [1.807, 2.05) is 37.2 Å². The molecule has 1 saturated carbocycles. The molecule has 0 unspecified atom stereocenters. The van der Waals surface area contributed by atoms with Gasteiger partial charge in [0.15, 0.2) is 5.82 Å². The number of hydrogen-bond acceptors (Lipinski definition) is 8. The molecule has 1 fully saturated rings. The summed E-state index contributed by atoms with van der Waals surface area (Å²) in [5.74, 6) is -0.348. The van der Waals surface area contributed by atoms with Crippen molar-refractivity contribution >= 4 is 34.8 Å². The van der Waals surface area contributed by atoms with E-state index in [0.29, 0.717) is 11.5 Å². The number of nitrogens with one attached hydrogen (secondary N) is 3. The molecule has 3 N–H and O–H groups in total. The van der Waals surface area contributed by atoms with Crippen LogP contribution in [-0.2, 0) is 11.8 Å². The Balaban J connectivity index is 1.60. The van der Waals surface area contributed by atoms with Crippen LogP contribution in [-0.4, -0.2) is 50.8 Å². The highest BCUT2D eigenvalue weighted by Crippen LogP contribution is 2.46. The number of carbonyl (C=O) groups excluding carboxylic acids is 2. The molecule has 34 heavy (non-hydrogen) atoms. The van der Waals surface area contributed by atoms with Crippen LogP contribution in [0.5, 0.6) is 0 Å². The van der Waals surface area contributed by atoms with Crippen LogP contribution in [0.1, 0.15) is 51.7 Å². The lowest BCUT2D eigenvalue weighted by atomic mass is 9.98. The van der Waals surface area contributed by atoms with E-state index in [9.17, 15) is 9.59 Å². The van der Waals surface area contributed by atoms with Gasteiger partial charge >= 0.3 is 0 Å². The Morgan fingerprint density at radius 1 is 1.21 bits per heavy atom. The van der Waals surface area contributed by atoms with Crippen LogP contribution in [0.2, 0.25) is 0 Å². The molecule has 0 radical (unpaired) electrons. The Bertz CT molecular complexity index is 1420. The molecule has 2 aliphatic rings. The van der Waals surface area contributed by atoms with Gasteiger partial charge < -0.3 is 20.9 Å². The normalized spacial score (nSPS) is 18.2. The molecule has 3 aromatic heterocycles. The highest BCUT2D eigenvalue weighted by molar-refractivity contribution is 6.02. The highest BCUT2D eigenvalue weighted by Gasteiger charge is 2.33. The molecule has 0 saturated heterocycles. The van der Waals surface area contributed by atoms with Gasteiger partial charge in [0.25, 0.3) is 5.91 Å². The smallest absolute Gasteiger partial charge is 0.254 e. The molecule has 0 spiro atoms. The Hall–Kier alpha value is -4.02. The number of pyridine rings is 2. The molecule has 11 heteroatoms. The topological polar surface area (TPSA) is 130 Å². The predicted octanol–water partition coefficient (Wildman–Crippen LogP) is 2.54. The molecule has 0 aromatic carbocycles. The van der Waals surface area contributed by atoms with Crippen LogP contribution in [0, 0.1) is 12.8 Å². The summed E-state index contributed by atoms with van der Waals surface area (Å²) in [6, 6.07) is 3.32. The Morgan fingerprint density at radius 2 is 2.00 bits per heavy atom. The van der Waals surface area contributed by atoms with Gasteiger partial charge in [0.05, 0.1) is 23.0 Å². The maximum atomic E-state index is 12.9. The fraction of sp³-hybridized carbons (Fsp3) is 0.391. The zero-order chi connectivity index (χ0) is 26.6. The number of rotatable bonds is 5. The van der Waals surface area contributed by atoms with Crippen LogP contribution in [0.25, 0.3) is 11.3 Å². The van der Waals surface area contributed by atoms with Gasteiger partial charge in [0.1, 0.15) is 17.2 Å². The maximum Gasteiger partial charge on any atom is 0.254 e. The lowest BCUT2D eigenvalue weighted by molar-refractivity contribution is -0.117. The van der Waals surface area contributed by atoms with E-state index in [0.717, 1.165) is 35.5 Å². The number of anilines is 4. The van der Waals surface area contributed by atoms with Gasteiger partial charge in [-0.15, -0.1) is 0 Å². The molecular weight excluding hydrogens is 434 g/mol. The molecule has 11 nitrogen and oxygen atoms in total. The van der Waals surface area contributed by atoms with Crippen molar-refractivity contribution in [3.8, 4) is 11.3 Å². The molecule has 1 atom stereocenters. The third-order valence-electron chi connectivity index (χ3n) is 6.16. The first-order valence-corrected chi connectivity index (χ1v) is 11.0. The summed E-state index contributed by atoms with van der Waals surface area (Å²) < 4.78 is 22.3. The Kier molecular flexibility index (Phi) is 4.38. The van der Waals surface area contributed by atoms with Crippen LogP contribution in [0.4, 0.5) is 23.0 Å². The van der Waals surface area contributed by atoms with Crippen LogP contribution >= 0.6 is 0 Å². The molecule has 1 aliphatic carbocycles. The van der Waals surface area contributed by atoms with E-state index in [1.54, 1.807) is 7.05 Å². The average molecular weight is 465 g/mol. The Morgan fingerprint density at radius 3 is 2.74 bits per heavy atom. The number of aromatic nitrogens is 5. The fourth-order valence-electron chi connectivity index (χ4n) is 4.14. The summed E-state index contributed by atoms with van der Waals surface area (Å²) in [5.41, 5.74) is 4.08. The molecule has 5 rings (SSSR count). The second-order valence-electron chi connectivity index (χ2n) is 8.68. The molecule has 2 amide bonds. The maximum absolute atomic E-state index is 12.9. The molecule has 176 valence electrons. The standard InChI is InChI=1S/C23H27N9O2/c1-11-8-14-19-18(29-32(5)30-19)12(2)31(4)20(14)21(26-11)27-16-9-17(28-22(33)13-6-7-13)25-10-15(16)23(34)24-3/h8-10,12-13H,6-7H2,1-5H3,(H,24,34)(H2,25,26,27,28,33)/t12-/m1/s1/i3D3. The van der Waals surface area contributed by atoms with Crippen molar-refractivity contribution in [2.75, 3.05) is 29.6 Å². The van der Waals surface area contributed by atoms with Crippen LogP contribution in [0.15, 0.2) is 18.3 Å². The first kappa shape index (κ1) is 18.4. The Labute approximate surface area is 201 Å². The molecule has 4 heterocycles. The van der Waals surface area contributed by atoms with E-state index in [2.05, 4.69) is 25.8 Å². The van der Waals surface area contributed by atoms with Crippen molar-refractivity contribution in [3.63, 3.8) is 0 Å². The van der Waals surface area contributed by atoms with Crippen molar-refractivity contribution in [1.82, 2.24) is 30.3 Å². The SMILES string of the molecule is [2H]C([2H])([2H])NC(=O)c1cnc(NC(=O)C2CC2)cc1Nc1nc(C)cc2c1N(C)[C@H](C)c1nn(C)nc1-2. The summed E-state index contributed by atoms with van der Waals surface area (Å²) in [7, 11) is 3.68. The zero-order valence-electron chi connectivity index (χ0n) is 22.3. The second-order valence-corrected chi connectivity index (χ2v) is 8.68. The lowest BCUT2D eigenvalue weighted by Crippen LogP contribution is -2.28. The van der Waals surface area contributed by atoms with E-state index in [4.69, 9.17) is 9.10 Å². The van der Waals surface area contributed by atoms with Gasteiger partial charge in [0, 0.05) is 54.6 Å². The highest BCUT2D eigenvalue weighted by atomic mass is 16.2. The summed E-state index contributed by atoms with van der Waals surface area (Å²) in [4.78, 5) is 37.6. The summed E-state index contributed by atoms with van der Waals surface area (Å²) in [6.07, 6.45) is 2.88. The van der Waals surface area contributed by atoms with Crippen LogP contribution in [0.3, 0.4) is 0 Å². The third kappa shape index (κ3) is 3.72. The molecule has 3 aromatic rings. The van der Waals surface area contributed by atoms with Gasteiger partial charge in [-0.1, -0.05) is 0 Å². The number of hydrogen-bond donors (Lipinski definition) is 3. The first-order chi connectivity index (χ1) is 17.4. The largest absolute Gasteiger partial charge is 0.363 e.